The minimum atomic E-state index is 0.0239. The van der Waals surface area contributed by atoms with Crippen molar-refractivity contribution in [2.45, 2.75) is 32.6 Å². The molecule has 0 aromatic heterocycles. The Bertz CT molecular complexity index is 1340. The molecule has 203 valence electrons. The summed E-state index contributed by atoms with van der Waals surface area (Å²) in [6.45, 7) is 8.51. The molecule has 4 nitrogen and oxygen atoms in total. The lowest BCUT2D eigenvalue weighted by Crippen LogP contribution is -2.18. The Morgan fingerprint density at radius 2 is 1.25 bits per heavy atom. The van der Waals surface area contributed by atoms with E-state index in [4.69, 9.17) is 4.74 Å². The summed E-state index contributed by atoms with van der Waals surface area (Å²) < 4.78 is 6.00. The van der Waals surface area contributed by atoms with Crippen LogP contribution < -0.4 is 4.74 Å². The van der Waals surface area contributed by atoms with E-state index in [-0.39, 0.29) is 5.75 Å². The summed E-state index contributed by atoms with van der Waals surface area (Å²) in [6.07, 6.45) is 7.23. The summed E-state index contributed by atoms with van der Waals surface area (Å²) in [4.78, 5) is 4.82. The number of hydrogen-bond acceptors (Lipinski definition) is 3. The van der Waals surface area contributed by atoms with Gasteiger partial charge in [0, 0.05) is 16.7 Å². The average molecular weight is 530 g/mol. The minimum absolute atomic E-state index is 0.0239. The first kappa shape index (κ1) is 27.6. The van der Waals surface area contributed by atoms with Gasteiger partial charge in [0.25, 0.3) is 0 Å². The lowest BCUT2D eigenvalue weighted by atomic mass is 9.96. The van der Waals surface area contributed by atoms with E-state index in [0.717, 1.165) is 67.1 Å². The van der Waals surface area contributed by atoms with Crippen LogP contribution in [-0.2, 0) is 5.11 Å². The van der Waals surface area contributed by atoms with Crippen LogP contribution in [0.1, 0.15) is 53.5 Å². The molecule has 2 saturated heterocycles. The predicted octanol–water partition coefficient (Wildman–Crippen LogP) is 6.54. The van der Waals surface area contributed by atoms with Crippen LogP contribution in [-0.4, -0.2) is 55.7 Å². The Kier molecular flexibility index (Phi) is 9.59. The van der Waals surface area contributed by atoms with Crippen LogP contribution in [0.3, 0.4) is 0 Å². The van der Waals surface area contributed by atoms with Gasteiger partial charge in [-0.2, -0.15) is 0 Å². The maximum Gasteiger partial charge on any atom is 0.181 e. The highest BCUT2D eigenvalue weighted by molar-refractivity contribution is 5.80. The summed E-state index contributed by atoms with van der Waals surface area (Å²) in [5, 5.41) is 11.8. The Morgan fingerprint density at radius 1 is 0.750 bits per heavy atom. The Labute approximate surface area is 239 Å². The molecule has 3 aromatic carbocycles. The van der Waals surface area contributed by atoms with Gasteiger partial charge in [0.15, 0.2) is 5.75 Å². The van der Waals surface area contributed by atoms with Crippen LogP contribution in [0.5, 0.6) is 11.5 Å². The predicted molar refractivity (Wildman–Crippen MR) is 162 cm³/mol. The molecule has 0 saturated carbocycles. The van der Waals surface area contributed by atoms with Crippen LogP contribution in [0.4, 0.5) is 0 Å². The maximum absolute atomic E-state index is 11.8. The van der Waals surface area contributed by atoms with Crippen LogP contribution in [0, 0.1) is 30.6 Å². The zero-order chi connectivity index (χ0) is 27.6. The molecule has 2 fully saturated rings. The highest BCUT2D eigenvalue weighted by atomic mass is 16.5. The second-order valence-corrected chi connectivity index (χ2v) is 10.6. The summed E-state index contributed by atoms with van der Waals surface area (Å²) in [5.41, 5.74) is 6.03. The molecule has 0 spiro atoms. The fraction of sp³-hybridized carbons (Fsp3) is 0.333. The molecule has 4 heteroatoms. The molecule has 40 heavy (non-hydrogen) atoms. The standard InChI is InChI=1S/C36H37N2O2/c1-29-28-34(18-19-36(29)39)40-27-20-35(32-14-10-30(11-15-32)8-6-25-37-21-2-3-22-37)33-16-12-31(13-17-33)9-7-26-38-23-4-5-24-38/h10-20,28H,2-5,21-27H2,1H3. The smallest absolute Gasteiger partial charge is 0.181 e. The lowest BCUT2D eigenvalue weighted by molar-refractivity contribution is 0.344. The Morgan fingerprint density at radius 3 is 1.73 bits per heavy atom. The van der Waals surface area contributed by atoms with Gasteiger partial charge in [0.05, 0.1) is 13.1 Å². The zero-order valence-electron chi connectivity index (χ0n) is 23.4. The molecular formula is C36H37N2O2. The fourth-order valence-corrected chi connectivity index (χ4v) is 5.19. The van der Waals surface area contributed by atoms with Crippen LogP contribution in [0.25, 0.3) is 5.57 Å². The molecule has 0 N–H and O–H groups in total. The van der Waals surface area contributed by atoms with Gasteiger partial charge in [-0.25, -0.2) is 0 Å². The first-order valence-corrected chi connectivity index (χ1v) is 14.4. The average Bonchev–Trinajstić information content (AvgIpc) is 3.69. The summed E-state index contributed by atoms with van der Waals surface area (Å²) in [5.74, 6) is 14.0. The monoisotopic (exact) mass is 529 g/mol. The lowest BCUT2D eigenvalue weighted by Gasteiger charge is -2.11. The van der Waals surface area contributed by atoms with Crippen molar-refractivity contribution in [1.82, 2.24) is 9.80 Å². The molecule has 0 atom stereocenters. The van der Waals surface area contributed by atoms with Gasteiger partial charge in [0.2, 0.25) is 0 Å². The van der Waals surface area contributed by atoms with Gasteiger partial charge >= 0.3 is 0 Å². The quantitative estimate of drug-likeness (QED) is 0.326. The normalized spacial score (nSPS) is 15.1. The summed E-state index contributed by atoms with van der Waals surface area (Å²) >= 11 is 0. The molecule has 3 aromatic rings. The second-order valence-electron chi connectivity index (χ2n) is 10.6. The third-order valence-electron chi connectivity index (χ3n) is 7.54. The molecular weight excluding hydrogens is 492 g/mol. The van der Waals surface area contributed by atoms with Crippen molar-refractivity contribution in [1.29, 1.82) is 0 Å². The highest BCUT2D eigenvalue weighted by Gasteiger charge is 2.10. The molecule has 2 aliphatic heterocycles. The van der Waals surface area contributed by atoms with E-state index in [1.54, 1.807) is 18.2 Å². The molecule has 0 amide bonds. The number of likely N-dealkylation sites (tertiary alicyclic amines) is 2. The number of rotatable bonds is 7. The van der Waals surface area contributed by atoms with E-state index in [1.807, 2.05) is 6.92 Å². The van der Waals surface area contributed by atoms with Gasteiger partial charge < -0.3 is 4.74 Å². The fourth-order valence-electron chi connectivity index (χ4n) is 5.19. The number of aryl methyl sites for hydroxylation is 1. The van der Waals surface area contributed by atoms with Crippen molar-refractivity contribution in [2.24, 2.45) is 0 Å². The highest BCUT2D eigenvalue weighted by Crippen LogP contribution is 2.26. The van der Waals surface area contributed by atoms with Crippen LogP contribution in [0.15, 0.2) is 72.8 Å². The van der Waals surface area contributed by atoms with Crippen molar-refractivity contribution in [3.05, 3.63) is 101 Å². The van der Waals surface area contributed by atoms with E-state index >= 15 is 0 Å². The number of ether oxygens (including phenoxy) is 1. The molecule has 0 bridgehead atoms. The van der Waals surface area contributed by atoms with E-state index < -0.39 is 0 Å². The number of hydrogen-bond donors (Lipinski definition) is 0. The second kappa shape index (κ2) is 13.9. The van der Waals surface area contributed by atoms with Crippen molar-refractivity contribution >= 4 is 5.57 Å². The first-order chi connectivity index (χ1) is 19.6. The van der Waals surface area contributed by atoms with Crippen LogP contribution in [0.2, 0.25) is 0 Å². The van der Waals surface area contributed by atoms with E-state index in [1.165, 1.54) is 25.7 Å². The van der Waals surface area contributed by atoms with Crippen LogP contribution >= 0.6 is 0 Å². The third-order valence-corrected chi connectivity index (χ3v) is 7.54. The Balaban J connectivity index is 1.32. The van der Waals surface area contributed by atoms with E-state index in [0.29, 0.717) is 17.9 Å². The van der Waals surface area contributed by atoms with Crippen molar-refractivity contribution in [2.75, 3.05) is 45.9 Å². The summed E-state index contributed by atoms with van der Waals surface area (Å²) in [6, 6.07) is 22.0. The zero-order valence-corrected chi connectivity index (χ0v) is 23.4. The van der Waals surface area contributed by atoms with Crippen molar-refractivity contribution < 1.29 is 9.84 Å². The molecule has 1 radical (unpaired) electrons. The van der Waals surface area contributed by atoms with E-state index in [9.17, 15) is 5.11 Å². The summed E-state index contributed by atoms with van der Waals surface area (Å²) in [7, 11) is 0. The third kappa shape index (κ3) is 7.80. The first-order valence-electron chi connectivity index (χ1n) is 14.4. The minimum Gasteiger partial charge on any atom is -0.489 e. The molecule has 0 unspecified atom stereocenters. The SMILES string of the molecule is Cc1cc(OCC=C(c2ccc(C#CCN3CCCC3)cc2)c2ccc(C#CCN3CCCC3)cc2)ccc1[O]. The molecule has 2 heterocycles. The van der Waals surface area contributed by atoms with Gasteiger partial charge in [-0.3, -0.25) is 14.9 Å². The topological polar surface area (TPSA) is 35.6 Å². The van der Waals surface area contributed by atoms with Gasteiger partial charge in [-0.05, 0) is 124 Å². The largest absolute Gasteiger partial charge is 0.489 e. The van der Waals surface area contributed by atoms with Crippen molar-refractivity contribution in [3.8, 4) is 35.2 Å². The molecule has 5 rings (SSSR count). The van der Waals surface area contributed by atoms with Gasteiger partial charge in [-0.15, -0.1) is 0 Å². The van der Waals surface area contributed by atoms with Gasteiger partial charge in [-0.1, -0.05) is 47.9 Å². The number of benzene rings is 3. The molecule has 2 aliphatic rings. The molecule has 0 aliphatic carbocycles. The van der Waals surface area contributed by atoms with Crippen molar-refractivity contribution in [3.63, 3.8) is 0 Å². The maximum atomic E-state index is 11.8. The van der Waals surface area contributed by atoms with E-state index in [2.05, 4.69) is 88.1 Å². The number of nitrogens with zero attached hydrogens (tertiary/aromatic N) is 2. The van der Waals surface area contributed by atoms with Gasteiger partial charge in [0.1, 0.15) is 12.4 Å². The Hall–Kier alpha value is -3.96.